The lowest BCUT2D eigenvalue weighted by molar-refractivity contribution is -0.141. The molecule has 0 bridgehead atoms. The van der Waals surface area contributed by atoms with Crippen LogP contribution in [0.3, 0.4) is 0 Å². The molecule has 1 aromatic carbocycles. The molecule has 2 amide bonds. The van der Waals surface area contributed by atoms with E-state index >= 15 is 0 Å². The van der Waals surface area contributed by atoms with Crippen LogP contribution in [-0.4, -0.2) is 46.6 Å². The van der Waals surface area contributed by atoms with E-state index in [1.807, 2.05) is 43.0 Å². The maximum atomic E-state index is 13.2. The van der Waals surface area contributed by atoms with Crippen LogP contribution in [0, 0.1) is 0 Å². The quantitative estimate of drug-likeness (QED) is 0.669. The standard InChI is InChI=1S/C20H22Cl2N2O2S/c1-13(2)24(18(25)11-21)12-19(26)23-9-7-17-16(8-10-27-17)20(23)14-3-5-15(22)6-4-14/h3-6,8,10,13,20H,7,9,11-12H2,1-2H3. The molecule has 0 saturated heterocycles. The molecule has 3 rings (SSSR count). The average molecular weight is 425 g/mol. The molecule has 144 valence electrons. The van der Waals surface area contributed by atoms with E-state index in [0.717, 1.165) is 17.5 Å². The third-order valence-corrected chi connectivity index (χ3v) is 6.31. The van der Waals surface area contributed by atoms with Crippen LogP contribution in [0.25, 0.3) is 0 Å². The number of thiophene rings is 1. The molecule has 0 N–H and O–H groups in total. The van der Waals surface area contributed by atoms with Gasteiger partial charge in [0.25, 0.3) is 0 Å². The van der Waals surface area contributed by atoms with Gasteiger partial charge in [-0.1, -0.05) is 23.7 Å². The highest BCUT2D eigenvalue weighted by atomic mass is 35.5. The molecule has 1 aliphatic heterocycles. The minimum atomic E-state index is -0.226. The van der Waals surface area contributed by atoms with Gasteiger partial charge in [-0.2, -0.15) is 0 Å². The van der Waals surface area contributed by atoms with E-state index in [4.69, 9.17) is 23.2 Å². The van der Waals surface area contributed by atoms with Crippen molar-refractivity contribution in [3.63, 3.8) is 0 Å². The fraction of sp³-hybridized carbons (Fsp3) is 0.400. The first-order valence-corrected chi connectivity index (χ1v) is 10.7. The second-order valence-corrected chi connectivity index (χ2v) is 8.54. The first-order chi connectivity index (χ1) is 12.9. The first kappa shape index (κ1) is 20.2. The molecule has 2 heterocycles. The summed E-state index contributed by atoms with van der Waals surface area (Å²) in [6.45, 7) is 4.44. The SMILES string of the molecule is CC(C)N(CC(=O)N1CCc2sccc2C1c1ccc(Cl)cc1)C(=O)CCl. The zero-order valence-electron chi connectivity index (χ0n) is 15.3. The van der Waals surface area contributed by atoms with Crippen molar-refractivity contribution in [3.8, 4) is 0 Å². The Kier molecular flexibility index (Phi) is 6.45. The summed E-state index contributed by atoms with van der Waals surface area (Å²) in [5.74, 6) is -0.420. The first-order valence-electron chi connectivity index (χ1n) is 8.89. The van der Waals surface area contributed by atoms with Crippen LogP contribution < -0.4 is 0 Å². The molecule has 0 spiro atoms. The molecule has 27 heavy (non-hydrogen) atoms. The lowest BCUT2D eigenvalue weighted by atomic mass is 9.93. The fourth-order valence-corrected chi connectivity index (χ4v) is 4.64. The fourth-order valence-electron chi connectivity index (χ4n) is 3.46. The number of halogens is 2. The van der Waals surface area contributed by atoms with Gasteiger partial charge in [-0.25, -0.2) is 0 Å². The third kappa shape index (κ3) is 4.31. The highest BCUT2D eigenvalue weighted by Crippen LogP contribution is 2.38. The predicted molar refractivity (Wildman–Crippen MR) is 111 cm³/mol. The summed E-state index contributed by atoms with van der Waals surface area (Å²) in [7, 11) is 0. The van der Waals surface area contributed by atoms with Crippen molar-refractivity contribution in [2.24, 2.45) is 0 Å². The van der Waals surface area contributed by atoms with Gasteiger partial charge in [-0.05, 0) is 55.0 Å². The van der Waals surface area contributed by atoms with Gasteiger partial charge in [0.1, 0.15) is 12.4 Å². The van der Waals surface area contributed by atoms with Gasteiger partial charge in [0.15, 0.2) is 0 Å². The molecule has 1 unspecified atom stereocenters. The van der Waals surface area contributed by atoms with Gasteiger partial charge in [0.05, 0.1) is 6.04 Å². The number of carbonyl (C=O) groups is 2. The summed E-state index contributed by atoms with van der Waals surface area (Å²) in [6.07, 6.45) is 0.827. The highest BCUT2D eigenvalue weighted by Gasteiger charge is 2.34. The molecule has 0 aliphatic carbocycles. The number of hydrogen-bond donors (Lipinski definition) is 0. The number of hydrogen-bond acceptors (Lipinski definition) is 3. The minimum Gasteiger partial charge on any atom is -0.330 e. The van der Waals surface area contributed by atoms with E-state index in [1.165, 1.54) is 9.78 Å². The van der Waals surface area contributed by atoms with Crippen LogP contribution in [-0.2, 0) is 16.0 Å². The molecular formula is C20H22Cl2N2O2S. The molecule has 1 aliphatic rings. The maximum absolute atomic E-state index is 13.2. The molecule has 4 nitrogen and oxygen atoms in total. The van der Waals surface area contributed by atoms with E-state index in [0.29, 0.717) is 11.6 Å². The summed E-state index contributed by atoms with van der Waals surface area (Å²) < 4.78 is 0. The number of carbonyl (C=O) groups excluding carboxylic acids is 2. The Morgan fingerprint density at radius 2 is 1.96 bits per heavy atom. The zero-order valence-corrected chi connectivity index (χ0v) is 17.7. The van der Waals surface area contributed by atoms with Crippen LogP contribution in [0.5, 0.6) is 0 Å². The van der Waals surface area contributed by atoms with Crippen molar-refractivity contribution in [2.75, 3.05) is 19.0 Å². The van der Waals surface area contributed by atoms with E-state index in [1.54, 1.807) is 11.3 Å². The van der Waals surface area contributed by atoms with E-state index in [-0.39, 0.29) is 36.3 Å². The topological polar surface area (TPSA) is 40.6 Å². The molecule has 0 radical (unpaired) electrons. The van der Waals surface area contributed by atoms with Gasteiger partial charge in [0, 0.05) is 22.5 Å². The Labute approximate surface area is 173 Å². The van der Waals surface area contributed by atoms with Crippen molar-refractivity contribution in [1.29, 1.82) is 0 Å². The second-order valence-electron chi connectivity index (χ2n) is 6.84. The molecule has 0 saturated carbocycles. The summed E-state index contributed by atoms with van der Waals surface area (Å²) in [6, 6.07) is 9.45. The van der Waals surface area contributed by atoms with E-state index < -0.39 is 0 Å². The predicted octanol–water partition coefficient (Wildman–Crippen LogP) is 4.35. The maximum Gasteiger partial charge on any atom is 0.243 e. The monoisotopic (exact) mass is 424 g/mol. The van der Waals surface area contributed by atoms with Crippen LogP contribution in [0.1, 0.15) is 35.9 Å². The lowest BCUT2D eigenvalue weighted by Gasteiger charge is -2.38. The third-order valence-electron chi connectivity index (χ3n) is 4.84. The molecule has 7 heteroatoms. The Balaban J connectivity index is 1.91. The van der Waals surface area contributed by atoms with Crippen LogP contribution in [0.15, 0.2) is 35.7 Å². The lowest BCUT2D eigenvalue weighted by Crippen LogP contribution is -2.49. The molecule has 2 aromatic rings. The molecule has 0 fully saturated rings. The average Bonchev–Trinajstić information content (AvgIpc) is 3.13. The minimum absolute atomic E-state index is 0.0345. The van der Waals surface area contributed by atoms with Crippen molar-refractivity contribution >= 4 is 46.4 Å². The van der Waals surface area contributed by atoms with Gasteiger partial charge < -0.3 is 9.80 Å². The summed E-state index contributed by atoms with van der Waals surface area (Å²) in [5, 5.41) is 2.73. The van der Waals surface area contributed by atoms with E-state index in [9.17, 15) is 9.59 Å². The molecule has 1 aromatic heterocycles. The summed E-state index contributed by atoms with van der Waals surface area (Å²) in [4.78, 5) is 30.0. The number of benzene rings is 1. The smallest absolute Gasteiger partial charge is 0.243 e. The Morgan fingerprint density at radius 3 is 2.59 bits per heavy atom. The van der Waals surface area contributed by atoms with Crippen LogP contribution >= 0.6 is 34.5 Å². The largest absolute Gasteiger partial charge is 0.330 e. The second kappa shape index (κ2) is 8.63. The Bertz CT molecular complexity index is 820. The number of nitrogens with zero attached hydrogens (tertiary/aromatic N) is 2. The highest BCUT2D eigenvalue weighted by molar-refractivity contribution is 7.10. The van der Waals surface area contributed by atoms with Gasteiger partial charge in [0.2, 0.25) is 11.8 Å². The van der Waals surface area contributed by atoms with Crippen molar-refractivity contribution in [2.45, 2.75) is 32.4 Å². The van der Waals surface area contributed by atoms with Crippen LogP contribution in [0.2, 0.25) is 5.02 Å². The molecule has 1 atom stereocenters. The van der Waals surface area contributed by atoms with Crippen LogP contribution in [0.4, 0.5) is 0 Å². The summed E-state index contributed by atoms with van der Waals surface area (Å²) in [5.41, 5.74) is 2.17. The Hall–Kier alpha value is -1.56. The van der Waals surface area contributed by atoms with Gasteiger partial charge in [-0.3, -0.25) is 9.59 Å². The Morgan fingerprint density at radius 1 is 1.26 bits per heavy atom. The van der Waals surface area contributed by atoms with Crippen molar-refractivity contribution in [1.82, 2.24) is 9.80 Å². The zero-order chi connectivity index (χ0) is 19.6. The number of rotatable bonds is 5. The van der Waals surface area contributed by atoms with E-state index in [2.05, 4.69) is 11.4 Å². The van der Waals surface area contributed by atoms with Gasteiger partial charge in [-0.15, -0.1) is 22.9 Å². The van der Waals surface area contributed by atoms with Gasteiger partial charge >= 0.3 is 0 Å². The van der Waals surface area contributed by atoms with Crippen molar-refractivity contribution < 1.29 is 9.59 Å². The van der Waals surface area contributed by atoms with Crippen molar-refractivity contribution in [3.05, 3.63) is 56.7 Å². The molecular weight excluding hydrogens is 403 g/mol. The normalized spacial score (nSPS) is 16.3. The number of fused-ring (bicyclic) bond motifs is 1. The summed E-state index contributed by atoms with van der Waals surface area (Å²) >= 11 is 13.5. The number of amides is 2. The number of alkyl halides is 1.